The fourth-order valence-corrected chi connectivity index (χ4v) is 6.78. The van der Waals surface area contributed by atoms with Crippen LogP contribution in [0.25, 0.3) is 0 Å². The van der Waals surface area contributed by atoms with E-state index in [1.807, 2.05) is 49.1 Å². The largest absolute Gasteiger partial charge is 0.325 e. The number of carbonyl (C=O) groups excluding carboxylic acids is 1. The van der Waals surface area contributed by atoms with Gasteiger partial charge in [-0.1, -0.05) is 47.1 Å². The molecule has 0 bridgehead atoms. The molecule has 0 saturated carbocycles. The van der Waals surface area contributed by atoms with Gasteiger partial charge in [-0.15, -0.1) is 0 Å². The Morgan fingerprint density at radius 3 is 2.77 bits per heavy atom. The highest BCUT2D eigenvalue weighted by atomic mass is 35.5. The van der Waals surface area contributed by atoms with Gasteiger partial charge in [-0.05, 0) is 43.7 Å². The van der Waals surface area contributed by atoms with Crippen LogP contribution in [-0.4, -0.2) is 48.8 Å². The first-order valence-corrected chi connectivity index (χ1v) is 12.7. The molecule has 158 valence electrons. The maximum atomic E-state index is 12.5. The number of fused-ring (bicyclic) bond motifs is 1. The van der Waals surface area contributed by atoms with Crippen molar-refractivity contribution in [1.29, 1.82) is 0 Å². The molecule has 1 amide bonds. The van der Waals surface area contributed by atoms with Gasteiger partial charge >= 0.3 is 0 Å². The van der Waals surface area contributed by atoms with E-state index in [0.717, 1.165) is 22.5 Å². The fourth-order valence-electron chi connectivity index (χ4n) is 3.83. The number of benzene rings is 2. The summed E-state index contributed by atoms with van der Waals surface area (Å²) >= 11 is 7.47. The Morgan fingerprint density at radius 1 is 1.23 bits per heavy atom. The summed E-state index contributed by atoms with van der Waals surface area (Å²) in [4.78, 5) is 19.1. The molecule has 2 aliphatic heterocycles. The van der Waals surface area contributed by atoms with E-state index in [-0.39, 0.29) is 35.2 Å². The molecule has 30 heavy (non-hydrogen) atoms. The van der Waals surface area contributed by atoms with E-state index in [0.29, 0.717) is 10.2 Å². The van der Waals surface area contributed by atoms with E-state index in [2.05, 4.69) is 10.3 Å². The lowest BCUT2D eigenvalue weighted by atomic mass is 10.1. The summed E-state index contributed by atoms with van der Waals surface area (Å²) in [5, 5.41) is 4.15. The van der Waals surface area contributed by atoms with Crippen LogP contribution in [0, 0.1) is 13.8 Å². The van der Waals surface area contributed by atoms with Gasteiger partial charge in [0.25, 0.3) is 0 Å². The molecule has 2 aromatic carbocycles. The molecular weight excluding hydrogens is 442 g/mol. The van der Waals surface area contributed by atoms with Crippen LogP contribution in [0.2, 0.25) is 5.02 Å². The summed E-state index contributed by atoms with van der Waals surface area (Å²) in [7, 11) is -3.13. The van der Waals surface area contributed by atoms with Gasteiger partial charge in [-0.3, -0.25) is 9.79 Å². The van der Waals surface area contributed by atoms with Crippen molar-refractivity contribution >= 4 is 55.6 Å². The quantitative estimate of drug-likeness (QED) is 0.748. The highest BCUT2D eigenvalue weighted by molar-refractivity contribution is 8.14. The molecule has 2 aromatic rings. The molecule has 6 nitrogen and oxygen atoms in total. The average Bonchev–Trinajstić information content (AvgIpc) is 3.13. The van der Waals surface area contributed by atoms with Crippen LogP contribution in [-0.2, 0) is 14.6 Å². The number of amides is 1. The van der Waals surface area contributed by atoms with E-state index in [9.17, 15) is 13.2 Å². The predicted octanol–water partition coefficient (Wildman–Crippen LogP) is 3.67. The van der Waals surface area contributed by atoms with Crippen LogP contribution in [0.15, 0.2) is 47.5 Å². The number of halogens is 1. The van der Waals surface area contributed by atoms with Crippen molar-refractivity contribution < 1.29 is 13.2 Å². The number of carbonyl (C=O) groups is 1. The number of hydrogen-bond acceptors (Lipinski definition) is 6. The number of anilines is 2. The number of nitrogens with zero attached hydrogens (tertiary/aromatic N) is 2. The first-order chi connectivity index (χ1) is 14.2. The Labute approximate surface area is 185 Å². The topological polar surface area (TPSA) is 78.8 Å². The van der Waals surface area contributed by atoms with Gasteiger partial charge in [0.1, 0.15) is 0 Å². The number of aliphatic imine (C=N–C) groups is 1. The monoisotopic (exact) mass is 463 g/mol. The predicted molar refractivity (Wildman–Crippen MR) is 125 cm³/mol. The normalized spacial score (nSPS) is 22.0. The van der Waals surface area contributed by atoms with Crippen molar-refractivity contribution in [3.63, 3.8) is 0 Å². The standard InChI is InChI=1S/C21H22ClN3O3S2/c1-13-6-7-17(14(2)8-13)23-20(26)10-29-21-24-18-11-30(27,28)12-19(18)25(21)16-5-3-4-15(22)9-16/h3-9,18-19H,10-12H2,1-2H3,(H,23,26)/t18-,19-/m1/s1. The molecule has 0 aromatic heterocycles. The zero-order valence-corrected chi connectivity index (χ0v) is 19.0. The number of rotatable bonds is 4. The molecule has 2 heterocycles. The van der Waals surface area contributed by atoms with Crippen molar-refractivity contribution in [3.05, 3.63) is 58.6 Å². The van der Waals surface area contributed by atoms with Gasteiger partial charge < -0.3 is 10.2 Å². The molecule has 0 unspecified atom stereocenters. The third kappa shape index (κ3) is 4.50. The first-order valence-electron chi connectivity index (χ1n) is 9.55. The maximum Gasteiger partial charge on any atom is 0.234 e. The lowest BCUT2D eigenvalue weighted by molar-refractivity contribution is -0.113. The summed E-state index contributed by atoms with van der Waals surface area (Å²) in [5.41, 5.74) is 3.72. The van der Waals surface area contributed by atoms with Crippen LogP contribution < -0.4 is 10.2 Å². The van der Waals surface area contributed by atoms with Gasteiger partial charge in [-0.25, -0.2) is 8.42 Å². The van der Waals surface area contributed by atoms with Gasteiger partial charge in [-0.2, -0.15) is 0 Å². The molecule has 1 fully saturated rings. The maximum absolute atomic E-state index is 12.5. The molecule has 0 spiro atoms. The molecule has 1 N–H and O–H groups in total. The molecule has 0 aliphatic carbocycles. The second-order valence-electron chi connectivity index (χ2n) is 7.63. The molecular formula is C21H22ClN3O3S2. The Bertz CT molecular complexity index is 1130. The van der Waals surface area contributed by atoms with Gasteiger partial charge in [0.15, 0.2) is 15.0 Å². The molecule has 4 rings (SSSR count). The Balaban J connectivity index is 1.51. The van der Waals surface area contributed by atoms with Crippen molar-refractivity contribution in [2.75, 3.05) is 27.5 Å². The lowest BCUT2D eigenvalue weighted by Gasteiger charge is -2.26. The van der Waals surface area contributed by atoms with Crippen LogP contribution in [0.5, 0.6) is 0 Å². The highest BCUT2D eigenvalue weighted by Crippen LogP contribution is 2.36. The van der Waals surface area contributed by atoms with Crippen LogP contribution >= 0.6 is 23.4 Å². The van der Waals surface area contributed by atoms with Gasteiger partial charge in [0.2, 0.25) is 5.91 Å². The summed E-state index contributed by atoms with van der Waals surface area (Å²) < 4.78 is 24.3. The SMILES string of the molecule is Cc1ccc(NC(=O)CSC2=N[C@@H]3CS(=O)(=O)C[C@H]3N2c2cccc(Cl)c2)c(C)c1. The van der Waals surface area contributed by atoms with Crippen molar-refractivity contribution in [2.45, 2.75) is 25.9 Å². The number of sulfone groups is 1. The van der Waals surface area contributed by atoms with E-state index < -0.39 is 9.84 Å². The molecule has 1 saturated heterocycles. The van der Waals surface area contributed by atoms with Crippen molar-refractivity contribution in [2.24, 2.45) is 4.99 Å². The van der Waals surface area contributed by atoms with Gasteiger partial charge in [0.05, 0.1) is 29.3 Å². The van der Waals surface area contributed by atoms with Crippen LogP contribution in [0.4, 0.5) is 11.4 Å². The zero-order chi connectivity index (χ0) is 21.5. The van der Waals surface area contributed by atoms with Crippen molar-refractivity contribution in [3.8, 4) is 0 Å². The summed E-state index contributed by atoms with van der Waals surface area (Å²) in [6, 6.07) is 12.6. The fraction of sp³-hybridized carbons (Fsp3) is 0.333. The number of thioether (sulfide) groups is 1. The third-order valence-corrected chi connectivity index (χ3v) is 8.08. The summed E-state index contributed by atoms with van der Waals surface area (Å²) in [5.74, 6) is 0.125. The second kappa shape index (κ2) is 8.24. The minimum absolute atomic E-state index is 0.0353. The minimum atomic E-state index is -3.13. The summed E-state index contributed by atoms with van der Waals surface area (Å²) in [6.07, 6.45) is 0. The Morgan fingerprint density at radius 2 is 2.03 bits per heavy atom. The zero-order valence-electron chi connectivity index (χ0n) is 16.6. The molecule has 2 atom stereocenters. The molecule has 2 aliphatic rings. The van der Waals surface area contributed by atoms with Crippen molar-refractivity contribution in [1.82, 2.24) is 0 Å². The van der Waals surface area contributed by atoms with E-state index in [1.54, 1.807) is 12.1 Å². The Kier molecular flexibility index (Phi) is 5.83. The Hall–Kier alpha value is -2.03. The number of hydrogen-bond donors (Lipinski definition) is 1. The van der Waals surface area contributed by atoms with E-state index >= 15 is 0 Å². The minimum Gasteiger partial charge on any atom is -0.325 e. The van der Waals surface area contributed by atoms with E-state index in [4.69, 9.17) is 11.6 Å². The third-order valence-electron chi connectivity index (χ3n) is 5.18. The van der Waals surface area contributed by atoms with Crippen LogP contribution in [0.3, 0.4) is 0 Å². The number of amidine groups is 1. The summed E-state index contributed by atoms with van der Waals surface area (Å²) in [6.45, 7) is 3.97. The number of nitrogens with one attached hydrogen (secondary N) is 1. The molecule has 0 radical (unpaired) electrons. The second-order valence-corrected chi connectivity index (χ2v) is 11.2. The first kappa shape index (κ1) is 21.2. The van der Waals surface area contributed by atoms with Gasteiger partial charge in [0, 0.05) is 16.4 Å². The smallest absolute Gasteiger partial charge is 0.234 e. The highest BCUT2D eigenvalue weighted by Gasteiger charge is 2.47. The lowest BCUT2D eigenvalue weighted by Crippen LogP contribution is -2.39. The number of aryl methyl sites for hydroxylation is 2. The molecule has 9 heteroatoms. The van der Waals surface area contributed by atoms with Crippen LogP contribution in [0.1, 0.15) is 11.1 Å². The van der Waals surface area contributed by atoms with E-state index in [1.165, 1.54) is 11.8 Å². The average molecular weight is 464 g/mol.